The van der Waals surface area contributed by atoms with Gasteiger partial charge in [-0.3, -0.25) is 0 Å². The first kappa shape index (κ1) is 15.1. The zero-order valence-electron chi connectivity index (χ0n) is 11.7. The Labute approximate surface area is 141 Å². The van der Waals surface area contributed by atoms with Crippen LogP contribution < -0.4 is 10.6 Å². The van der Waals surface area contributed by atoms with Crippen LogP contribution in [0.5, 0.6) is 0 Å². The summed E-state index contributed by atoms with van der Waals surface area (Å²) >= 11 is 8.17. The van der Waals surface area contributed by atoms with Crippen molar-refractivity contribution in [2.45, 2.75) is 13.5 Å². The summed E-state index contributed by atoms with van der Waals surface area (Å²) in [7, 11) is 0. The standard InChI is InChI=1S/C14H13N3O2S3/c1-8-10(6-16-14(20)17-8)13(18)19-7-9-5-15-12(22-9)11-3-2-4-21-11/h2-5H,6-7H2,1H3,(H2,16,17,20). The first-order valence-corrected chi connectivity index (χ1v) is 8.64. The van der Waals surface area contributed by atoms with Crippen LogP contribution in [0.15, 0.2) is 35.0 Å². The molecule has 0 aliphatic carbocycles. The highest BCUT2D eigenvalue weighted by Crippen LogP contribution is 2.29. The molecule has 0 amide bonds. The van der Waals surface area contributed by atoms with E-state index in [0.29, 0.717) is 17.2 Å². The summed E-state index contributed by atoms with van der Waals surface area (Å²) in [6, 6.07) is 4.01. The molecule has 0 aromatic carbocycles. The lowest BCUT2D eigenvalue weighted by Crippen LogP contribution is -2.42. The molecule has 5 nitrogen and oxygen atoms in total. The lowest BCUT2D eigenvalue weighted by molar-refractivity contribution is -0.140. The molecule has 3 rings (SSSR count). The van der Waals surface area contributed by atoms with Gasteiger partial charge in [-0.15, -0.1) is 22.7 Å². The number of ether oxygens (including phenoxy) is 1. The summed E-state index contributed by atoms with van der Waals surface area (Å²) in [6.07, 6.45) is 1.75. The average Bonchev–Trinajstić information content (AvgIpc) is 3.16. The maximum absolute atomic E-state index is 12.1. The summed E-state index contributed by atoms with van der Waals surface area (Å²) in [5.74, 6) is -0.342. The zero-order valence-corrected chi connectivity index (χ0v) is 14.2. The quantitative estimate of drug-likeness (QED) is 0.652. The summed E-state index contributed by atoms with van der Waals surface area (Å²) in [6.45, 7) is 2.42. The fraction of sp³-hybridized carbons (Fsp3) is 0.214. The third kappa shape index (κ3) is 3.34. The molecule has 0 saturated heterocycles. The second-order valence-electron chi connectivity index (χ2n) is 4.60. The molecule has 0 unspecified atom stereocenters. The Morgan fingerprint density at radius 2 is 2.41 bits per heavy atom. The SMILES string of the molecule is CC1=C(C(=O)OCc2cnc(-c3cccs3)s2)CNC(=S)N1. The van der Waals surface area contributed by atoms with Crippen molar-refractivity contribution >= 4 is 46.0 Å². The molecule has 1 aliphatic rings. The van der Waals surface area contributed by atoms with Crippen molar-refractivity contribution < 1.29 is 9.53 Å². The van der Waals surface area contributed by atoms with Crippen LogP contribution in [0.3, 0.4) is 0 Å². The smallest absolute Gasteiger partial charge is 0.337 e. The van der Waals surface area contributed by atoms with Crippen molar-refractivity contribution in [2.24, 2.45) is 0 Å². The Bertz CT molecular complexity index is 734. The van der Waals surface area contributed by atoms with E-state index in [2.05, 4.69) is 15.6 Å². The van der Waals surface area contributed by atoms with Gasteiger partial charge < -0.3 is 15.4 Å². The number of hydrogen-bond donors (Lipinski definition) is 2. The van der Waals surface area contributed by atoms with Gasteiger partial charge in [0.2, 0.25) is 0 Å². The number of allylic oxidation sites excluding steroid dienone is 1. The van der Waals surface area contributed by atoms with Crippen molar-refractivity contribution in [3.8, 4) is 9.88 Å². The lowest BCUT2D eigenvalue weighted by atomic mass is 10.2. The molecule has 3 heterocycles. The predicted molar refractivity (Wildman–Crippen MR) is 91.7 cm³/mol. The monoisotopic (exact) mass is 351 g/mol. The minimum atomic E-state index is -0.342. The molecule has 0 radical (unpaired) electrons. The van der Waals surface area contributed by atoms with Gasteiger partial charge in [0.1, 0.15) is 11.6 Å². The van der Waals surface area contributed by atoms with Gasteiger partial charge in [-0.2, -0.15) is 0 Å². The first-order chi connectivity index (χ1) is 10.6. The highest BCUT2D eigenvalue weighted by molar-refractivity contribution is 7.80. The first-order valence-electron chi connectivity index (χ1n) is 6.54. The van der Waals surface area contributed by atoms with Crippen molar-refractivity contribution in [1.29, 1.82) is 0 Å². The number of carbonyl (C=O) groups is 1. The van der Waals surface area contributed by atoms with Gasteiger partial charge in [0.15, 0.2) is 5.11 Å². The van der Waals surface area contributed by atoms with E-state index in [-0.39, 0.29) is 12.6 Å². The number of esters is 1. The minimum Gasteiger partial charge on any atom is -0.456 e. The fourth-order valence-corrected chi connectivity index (χ4v) is 3.78. The predicted octanol–water partition coefficient (Wildman–Crippen LogP) is 2.67. The van der Waals surface area contributed by atoms with E-state index in [9.17, 15) is 4.79 Å². The van der Waals surface area contributed by atoms with Gasteiger partial charge in [0.25, 0.3) is 0 Å². The van der Waals surface area contributed by atoms with Crippen LogP contribution in [-0.2, 0) is 16.1 Å². The molecule has 114 valence electrons. The molecule has 1 aliphatic heterocycles. The summed E-state index contributed by atoms with van der Waals surface area (Å²) in [5.41, 5.74) is 1.30. The molecule has 2 aromatic rings. The maximum atomic E-state index is 12.1. The van der Waals surface area contributed by atoms with Crippen molar-refractivity contribution in [3.63, 3.8) is 0 Å². The van der Waals surface area contributed by atoms with Crippen LogP contribution in [0.1, 0.15) is 11.8 Å². The normalized spacial score (nSPS) is 14.5. The number of nitrogens with one attached hydrogen (secondary N) is 2. The number of thiophene rings is 1. The molecular weight excluding hydrogens is 338 g/mol. The number of rotatable bonds is 4. The van der Waals surface area contributed by atoms with Crippen LogP contribution in [0.2, 0.25) is 0 Å². The largest absolute Gasteiger partial charge is 0.456 e. The van der Waals surface area contributed by atoms with E-state index in [4.69, 9.17) is 17.0 Å². The van der Waals surface area contributed by atoms with Crippen LogP contribution in [0.4, 0.5) is 0 Å². The van der Waals surface area contributed by atoms with Gasteiger partial charge in [0, 0.05) is 11.9 Å². The molecule has 0 saturated carbocycles. The molecule has 22 heavy (non-hydrogen) atoms. The Morgan fingerprint density at radius 3 is 3.14 bits per heavy atom. The number of thiocarbonyl (C=S) groups is 1. The highest BCUT2D eigenvalue weighted by atomic mass is 32.1. The maximum Gasteiger partial charge on any atom is 0.337 e. The molecule has 0 bridgehead atoms. The van der Waals surface area contributed by atoms with Crippen molar-refractivity contribution in [3.05, 3.63) is 39.9 Å². The van der Waals surface area contributed by atoms with Gasteiger partial charge >= 0.3 is 5.97 Å². The van der Waals surface area contributed by atoms with E-state index < -0.39 is 0 Å². The molecule has 0 spiro atoms. The number of carbonyl (C=O) groups excluding carboxylic acids is 1. The molecule has 8 heteroatoms. The van der Waals surface area contributed by atoms with Crippen LogP contribution in [0.25, 0.3) is 9.88 Å². The molecule has 0 fully saturated rings. The van der Waals surface area contributed by atoms with E-state index >= 15 is 0 Å². The summed E-state index contributed by atoms with van der Waals surface area (Å²) in [5, 5.41) is 9.32. The van der Waals surface area contributed by atoms with E-state index in [1.165, 1.54) is 11.3 Å². The van der Waals surface area contributed by atoms with E-state index in [1.807, 2.05) is 24.4 Å². The minimum absolute atomic E-state index is 0.225. The average molecular weight is 351 g/mol. The van der Waals surface area contributed by atoms with Gasteiger partial charge in [-0.25, -0.2) is 9.78 Å². The summed E-state index contributed by atoms with van der Waals surface area (Å²) < 4.78 is 5.36. The fourth-order valence-electron chi connectivity index (χ4n) is 1.93. The zero-order chi connectivity index (χ0) is 15.5. The van der Waals surface area contributed by atoms with Crippen LogP contribution >= 0.6 is 34.9 Å². The Kier molecular flexibility index (Phi) is 4.51. The second-order valence-corrected chi connectivity index (χ2v) is 7.07. The Morgan fingerprint density at radius 1 is 1.55 bits per heavy atom. The molecule has 2 N–H and O–H groups in total. The Hall–Kier alpha value is -1.77. The number of nitrogens with zero attached hydrogens (tertiary/aromatic N) is 1. The molecular formula is C14H13N3O2S3. The topological polar surface area (TPSA) is 63.2 Å². The van der Waals surface area contributed by atoms with Gasteiger partial charge in [0.05, 0.1) is 21.9 Å². The van der Waals surface area contributed by atoms with Gasteiger partial charge in [-0.05, 0) is 30.6 Å². The Balaban J connectivity index is 1.62. The second kappa shape index (κ2) is 6.55. The lowest BCUT2D eigenvalue weighted by Gasteiger charge is -2.20. The molecule has 0 atom stereocenters. The van der Waals surface area contributed by atoms with Gasteiger partial charge in [-0.1, -0.05) is 6.07 Å². The number of hydrogen-bond acceptors (Lipinski definition) is 6. The van der Waals surface area contributed by atoms with E-state index in [0.717, 1.165) is 20.5 Å². The van der Waals surface area contributed by atoms with Crippen LogP contribution in [-0.4, -0.2) is 22.6 Å². The van der Waals surface area contributed by atoms with Crippen molar-refractivity contribution in [1.82, 2.24) is 15.6 Å². The third-order valence-electron chi connectivity index (χ3n) is 3.06. The number of thiazole rings is 1. The van der Waals surface area contributed by atoms with Crippen LogP contribution in [0, 0.1) is 0 Å². The highest BCUT2D eigenvalue weighted by Gasteiger charge is 2.20. The van der Waals surface area contributed by atoms with E-state index in [1.54, 1.807) is 17.5 Å². The third-order valence-corrected chi connectivity index (χ3v) is 5.31. The number of aromatic nitrogens is 1. The summed E-state index contributed by atoms with van der Waals surface area (Å²) in [4.78, 5) is 18.5. The van der Waals surface area contributed by atoms with Crippen molar-refractivity contribution in [2.75, 3.05) is 6.54 Å². The molecule has 2 aromatic heterocycles.